The third-order valence-electron chi connectivity index (χ3n) is 1.78. The van der Waals surface area contributed by atoms with Crippen LogP contribution in [0.5, 0.6) is 0 Å². The van der Waals surface area contributed by atoms with Gasteiger partial charge in [0.25, 0.3) is 0 Å². The minimum Gasteiger partial charge on any atom is -0.359 e. The Hall–Kier alpha value is -0.650. The fourth-order valence-electron chi connectivity index (χ4n) is 1.15. The predicted molar refractivity (Wildman–Crippen MR) is 42.1 cm³/mol. The molecule has 0 saturated carbocycles. The number of hydrogen-bond donors (Lipinski definition) is 2. The van der Waals surface area contributed by atoms with Gasteiger partial charge in [0.15, 0.2) is 0 Å². The van der Waals surface area contributed by atoms with Crippen molar-refractivity contribution in [1.29, 1.82) is 0 Å². The van der Waals surface area contributed by atoms with E-state index < -0.39 is 6.17 Å². The molecule has 0 aromatic rings. The van der Waals surface area contributed by atoms with Crippen LogP contribution >= 0.6 is 0 Å². The van der Waals surface area contributed by atoms with Crippen LogP contribution in [-0.4, -0.2) is 32.1 Å². The average Bonchev–Trinajstić information content (AvgIpc) is 2.03. The minimum absolute atomic E-state index is 0.0141. The molecule has 1 aliphatic heterocycles. The maximum absolute atomic E-state index is 10.8. The van der Waals surface area contributed by atoms with Gasteiger partial charge < -0.3 is 20.5 Å². The molecule has 3 N–H and O–H groups in total. The third kappa shape index (κ3) is 2.44. The van der Waals surface area contributed by atoms with Crippen LogP contribution in [0.3, 0.4) is 0 Å². The molecule has 0 aromatic carbocycles. The smallest absolute Gasteiger partial charge is 0.221 e. The van der Waals surface area contributed by atoms with E-state index in [4.69, 9.17) is 15.2 Å². The molecular weight excluding hydrogens is 160 g/mol. The molecule has 1 amide bonds. The molecule has 1 fully saturated rings. The molecule has 0 radical (unpaired) electrons. The lowest BCUT2D eigenvalue weighted by Gasteiger charge is -2.28. The van der Waals surface area contributed by atoms with Gasteiger partial charge in [-0.3, -0.25) is 4.79 Å². The molecule has 1 rings (SSSR count). The van der Waals surface area contributed by atoms with E-state index in [0.29, 0.717) is 12.8 Å². The molecule has 5 nitrogen and oxygen atoms in total. The van der Waals surface area contributed by atoms with Crippen molar-refractivity contribution < 1.29 is 14.3 Å². The number of nitrogens with one attached hydrogen (secondary N) is 1. The van der Waals surface area contributed by atoms with Gasteiger partial charge in [0.1, 0.15) is 13.0 Å². The van der Waals surface area contributed by atoms with Crippen molar-refractivity contribution in [3.8, 4) is 0 Å². The number of nitrogens with two attached hydrogens (primary N) is 1. The van der Waals surface area contributed by atoms with E-state index in [-0.39, 0.29) is 18.8 Å². The number of ether oxygens (including phenoxy) is 2. The summed E-state index contributed by atoms with van der Waals surface area (Å²) in [6.07, 6.45) is 0.613. The molecule has 0 bridgehead atoms. The Morgan fingerprint density at radius 3 is 3.08 bits per heavy atom. The highest BCUT2D eigenvalue weighted by atomic mass is 16.7. The lowest BCUT2D eigenvalue weighted by atomic mass is 10.1. The third-order valence-corrected chi connectivity index (χ3v) is 1.78. The number of amides is 1. The summed E-state index contributed by atoms with van der Waals surface area (Å²) < 4.78 is 9.96. The summed E-state index contributed by atoms with van der Waals surface area (Å²) in [5.41, 5.74) is 5.60. The van der Waals surface area contributed by atoms with E-state index in [0.717, 1.165) is 0 Å². The highest BCUT2D eigenvalue weighted by Gasteiger charge is 2.25. The van der Waals surface area contributed by atoms with Gasteiger partial charge in [-0.25, -0.2) is 0 Å². The van der Waals surface area contributed by atoms with Gasteiger partial charge in [-0.2, -0.15) is 0 Å². The van der Waals surface area contributed by atoms with Crippen molar-refractivity contribution in [2.24, 2.45) is 5.73 Å². The first kappa shape index (κ1) is 9.44. The molecule has 0 aliphatic carbocycles. The molecule has 1 heterocycles. The minimum atomic E-state index is -0.401. The monoisotopic (exact) mass is 174 g/mol. The molecular formula is C7H14N2O3. The molecule has 0 unspecified atom stereocenters. The Balaban J connectivity index is 2.29. The number of carbonyl (C=O) groups excluding carboxylic acids is 1. The van der Waals surface area contributed by atoms with E-state index in [9.17, 15) is 4.79 Å². The second-order valence-electron chi connectivity index (χ2n) is 2.74. The Kier molecular flexibility index (Phi) is 3.46. The highest BCUT2D eigenvalue weighted by Crippen LogP contribution is 2.09. The normalized spacial score (nSPS) is 30.0. The fraction of sp³-hybridized carbons (Fsp3) is 0.857. The summed E-state index contributed by atoms with van der Waals surface area (Å²) in [5.74, 6) is -0.0141. The molecule has 70 valence electrons. The van der Waals surface area contributed by atoms with E-state index >= 15 is 0 Å². The Morgan fingerprint density at radius 2 is 2.50 bits per heavy atom. The largest absolute Gasteiger partial charge is 0.359 e. The van der Waals surface area contributed by atoms with Crippen molar-refractivity contribution in [1.82, 2.24) is 5.32 Å². The molecule has 2 atom stereocenters. The summed E-state index contributed by atoms with van der Waals surface area (Å²) in [6.45, 7) is 0.217. The molecule has 1 saturated heterocycles. The summed E-state index contributed by atoms with van der Waals surface area (Å²) in [4.78, 5) is 10.8. The van der Waals surface area contributed by atoms with Crippen LogP contribution in [0.4, 0.5) is 0 Å². The van der Waals surface area contributed by atoms with Gasteiger partial charge in [0.05, 0.1) is 6.10 Å². The van der Waals surface area contributed by atoms with Crippen LogP contribution in [0.15, 0.2) is 0 Å². The molecule has 0 aromatic heterocycles. The lowest BCUT2D eigenvalue weighted by Crippen LogP contribution is -2.54. The Labute approximate surface area is 71.2 Å². The van der Waals surface area contributed by atoms with Gasteiger partial charge in [-0.05, 0) is 6.42 Å². The molecule has 5 heteroatoms. The first-order chi connectivity index (χ1) is 5.74. The van der Waals surface area contributed by atoms with Gasteiger partial charge >= 0.3 is 0 Å². The average molecular weight is 174 g/mol. The lowest BCUT2D eigenvalue weighted by molar-refractivity contribution is -0.132. The zero-order valence-electron chi connectivity index (χ0n) is 7.08. The topological polar surface area (TPSA) is 73.6 Å². The van der Waals surface area contributed by atoms with E-state index in [1.165, 1.54) is 0 Å². The van der Waals surface area contributed by atoms with Crippen molar-refractivity contribution >= 4 is 5.91 Å². The van der Waals surface area contributed by atoms with Crippen molar-refractivity contribution in [3.05, 3.63) is 0 Å². The van der Waals surface area contributed by atoms with Crippen LogP contribution in [-0.2, 0) is 14.3 Å². The summed E-state index contributed by atoms with van der Waals surface area (Å²) in [5, 5.41) is 2.60. The first-order valence-electron chi connectivity index (χ1n) is 3.89. The standard InChI is InChI=1S/C7H14N2O3/c1-11-4-12-5-2-3-6(10)9-7(5)8/h5,7H,2-4,8H2,1H3,(H,9,10)/t5-,7+/m0/s1. The van der Waals surface area contributed by atoms with Crippen molar-refractivity contribution in [2.45, 2.75) is 25.1 Å². The van der Waals surface area contributed by atoms with Crippen LogP contribution in [0.25, 0.3) is 0 Å². The van der Waals surface area contributed by atoms with Crippen molar-refractivity contribution in [2.75, 3.05) is 13.9 Å². The molecule has 12 heavy (non-hydrogen) atoms. The van der Waals surface area contributed by atoms with Crippen LogP contribution in [0, 0.1) is 0 Å². The summed E-state index contributed by atoms with van der Waals surface area (Å²) in [6, 6.07) is 0. The van der Waals surface area contributed by atoms with Crippen molar-refractivity contribution in [3.63, 3.8) is 0 Å². The maximum Gasteiger partial charge on any atom is 0.221 e. The van der Waals surface area contributed by atoms with E-state index in [1.54, 1.807) is 7.11 Å². The number of hydrogen-bond acceptors (Lipinski definition) is 4. The van der Waals surface area contributed by atoms with Gasteiger partial charge in [0.2, 0.25) is 5.91 Å². The Morgan fingerprint density at radius 1 is 1.75 bits per heavy atom. The van der Waals surface area contributed by atoms with Crippen LogP contribution in [0.1, 0.15) is 12.8 Å². The first-order valence-corrected chi connectivity index (χ1v) is 3.89. The SMILES string of the molecule is COCO[C@H]1CCC(=O)N[C@H]1N. The number of piperidine rings is 1. The molecule has 1 aliphatic rings. The zero-order chi connectivity index (χ0) is 8.97. The summed E-state index contributed by atoms with van der Waals surface area (Å²) in [7, 11) is 1.55. The second-order valence-corrected chi connectivity index (χ2v) is 2.74. The number of methoxy groups -OCH3 is 1. The predicted octanol–water partition coefficient (Wildman–Crippen LogP) is -0.830. The van der Waals surface area contributed by atoms with Crippen LogP contribution in [0.2, 0.25) is 0 Å². The van der Waals surface area contributed by atoms with Crippen LogP contribution < -0.4 is 11.1 Å². The summed E-state index contributed by atoms with van der Waals surface area (Å²) >= 11 is 0. The maximum atomic E-state index is 10.8. The number of rotatable bonds is 3. The second kappa shape index (κ2) is 4.39. The quantitative estimate of drug-likeness (QED) is 0.548. The highest BCUT2D eigenvalue weighted by molar-refractivity contribution is 5.77. The van der Waals surface area contributed by atoms with E-state index in [2.05, 4.69) is 5.32 Å². The van der Waals surface area contributed by atoms with Gasteiger partial charge in [-0.1, -0.05) is 0 Å². The Bertz CT molecular complexity index is 163. The van der Waals surface area contributed by atoms with Gasteiger partial charge in [-0.15, -0.1) is 0 Å². The fourth-order valence-corrected chi connectivity index (χ4v) is 1.15. The zero-order valence-corrected chi connectivity index (χ0v) is 7.08. The molecule has 0 spiro atoms. The van der Waals surface area contributed by atoms with Gasteiger partial charge in [0, 0.05) is 13.5 Å². The number of carbonyl (C=O) groups is 1. The van der Waals surface area contributed by atoms with E-state index in [1.807, 2.05) is 0 Å².